The van der Waals surface area contributed by atoms with E-state index in [4.69, 9.17) is 5.84 Å². The largest absolute Gasteiger partial charge is 0.355 e. The van der Waals surface area contributed by atoms with Crippen LogP contribution in [0.4, 0.5) is 0 Å². The minimum Gasteiger partial charge on any atom is -0.355 e. The van der Waals surface area contributed by atoms with Crippen molar-refractivity contribution in [2.75, 3.05) is 39.3 Å². The van der Waals surface area contributed by atoms with E-state index in [0.717, 1.165) is 39.3 Å². The molecule has 3 N–H and O–H groups in total. The summed E-state index contributed by atoms with van der Waals surface area (Å²) in [6.45, 7) is 7.03. The Hall–Kier alpha value is -0.650. The second-order valence-corrected chi connectivity index (χ2v) is 3.36. The van der Waals surface area contributed by atoms with Gasteiger partial charge in [0.15, 0.2) is 0 Å². The quantitative estimate of drug-likeness (QED) is 0.533. The van der Waals surface area contributed by atoms with E-state index >= 15 is 0 Å². The second kappa shape index (κ2) is 5.16. The van der Waals surface area contributed by atoms with Gasteiger partial charge in [0, 0.05) is 46.2 Å². The minimum atomic E-state index is 0.0393. The van der Waals surface area contributed by atoms with Crippen molar-refractivity contribution in [2.24, 2.45) is 5.84 Å². The molecule has 0 aromatic rings. The number of nitrogens with two attached hydrogens (primary N) is 1. The van der Waals surface area contributed by atoms with Crippen molar-refractivity contribution in [3.05, 3.63) is 0 Å². The maximum atomic E-state index is 10.6. The normalized spacial score (nSPS) is 20.2. The lowest BCUT2D eigenvalue weighted by Gasteiger charge is -2.31. The van der Waals surface area contributed by atoms with Gasteiger partial charge in [-0.05, 0) is 0 Å². The number of hydrogen-bond donors (Lipinski definition) is 2. The summed E-state index contributed by atoms with van der Waals surface area (Å²) in [5.74, 6) is 5.65. The summed E-state index contributed by atoms with van der Waals surface area (Å²) < 4.78 is 0. The predicted octanol–water partition coefficient (Wildman–Crippen LogP) is -1.39. The molecule has 1 amide bonds. The van der Waals surface area contributed by atoms with Crippen LogP contribution in [0.1, 0.15) is 6.92 Å². The fourth-order valence-corrected chi connectivity index (χ4v) is 1.38. The van der Waals surface area contributed by atoms with Crippen LogP contribution in [0, 0.1) is 0 Å². The van der Waals surface area contributed by atoms with Crippen LogP contribution < -0.4 is 11.2 Å². The molecule has 0 atom stereocenters. The van der Waals surface area contributed by atoms with Gasteiger partial charge in [-0.1, -0.05) is 0 Å². The van der Waals surface area contributed by atoms with Crippen molar-refractivity contribution < 1.29 is 4.79 Å². The van der Waals surface area contributed by atoms with Gasteiger partial charge in [-0.25, -0.2) is 5.01 Å². The van der Waals surface area contributed by atoms with Gasteiger partial charge in [-0.3, -0.25) is 15.5 Å². The maximum Gasteiger partial charge on any atom is 0.216 e. The average molecular weight is 186 g/mol. The van der Waals surface area contributed by atoms with E-state index in [1.807, 2.05) is 5.01 Å². The van der Waals surface area contributed by atoms with Gasteiger partial charge in [0.1, 0.15) is 0 Å². The van der Waals surface area contributed by atoms with E-state index in [2.05, 4.69) is 10.2 Å². The minimum absolute atomic E-state index is 0.0393. The molecule has 1 fully saturated rings. The molecule has 0 unspecified atom stereocenters. The lowest BCUT2D eigenvalue weighted by Crippen LogP contribution is -2.50. The standard InChI is InChI=1S/C8H18N4O/c1-8(13)10-2-3-11-4-6-12(9)7-5-11/h2-7,9H2,1H3,(H,10,13). The topological polar surface area (TPSA) is 61.6 Å². The number of amides is 1. The van der Waals surface area contributed by atoms with Crippen molar-refractivity contribution in [2.45, 2.75) is 6.92 Å². The Labute approximate surface area is 78.8 Å². The van der Waals surface area contributed by atoms with Crippen LogP contribution in [0.2, 0.25) is 0 Å². The summed E-state index contributed by atoms with van der Waals surface area (Å²) in [5.41, 5.74) is 0. The van der Waals surface area contributed by atoms with Crippen molar-refractivity contribution >= 4 is 5.91 Å². The highest BCUT2D eigenvalue weighted by atomic mass is 16.1. The molecule has 0 aromatic carbocycles. The molecule has 1 saturated heterocycles. The Bertz CT molecular complexity index is 166. The summed E-state index contributed by atoms with van der Waals surface area (Å²) in [6, 6.07) is 0. The predicted molar refractivity (Wildman–Crippen MR) is 50.9 cm³/mol. The molecule has 76 valence electrons. The van der Waals surface area contributed by atoms with Gasteiger partial charge >= 0.3 is 0 Å². The number of piperazine rings is 1. The highest BCUT2D eigenvalue weighted by Crippen LogP contribution is 1.95. The Balaban J connectivity index is 2.05. The summed E-state index contributed by atoms with van der Waals surface area (Å²) in [5, 5.41) is 4.61. The van der Waals surface area contributed by atoms with E-state index in [0.29, 0.717) is 0 Å². The summed E-state index contributed by atoms with van der Waals surface area (Å²) >= 11 is 0. The second-order valence-electron chi connectivity index (χ2n) is 3.36. The maximum absolute atomic E-state index is 10.6. The number of carbonyl (C=O) groups is 1. The molecule has 1 heterocycles. The zero-order valence-corrected chi connectivity index (χ0v) is 8.12. The Morgan fingerprint density at radius 2 is 2.00 bits per heavy atom. The number of hydrazine groups is 1. The molecular weight excluding hydrogens is 168 g/mol. The molecule has 0 aromatic heterocycles. The van der Waals surface area contributed by atoms with Crippen LogP contribution in [-0.2, 0) is 4.79 Å². The lowest BCUT2D eigenvalue weighted by atomic mass is 10.3. The van der Waals surface area contributed by atoms with Crippen molar-refractivity contribution in [3.8, 4) is 0 Å². The Morgan fingerprint density at radius 1 is 1.38 bits per heavy atom. The number of nitrogens with one attached hydrogen (secondary N) is 1. The molecule has 1 aliphatic rings. The smallest absolute Gasteiger partial charge is 0.216 e. The molecule has 13 heavy (non-hydrogen) atoms. The van der Waals surface area contributed by atoms with E-state index in [1.165, 1.54) is 6.92 Å². The van der Waals surface area contributed by atoms with Gasteiger partial charge in [0.2, 0.25) is 5.91 Å². The van der Waals surface area contributed by atoms with Crippen LogP contribution in [0.25, 0.3) is 0 Å². The fourth-order valence-electron chi connectivity index (χ4n) is 1.38. The summed E-state index contributed by atoms with van der Waals surface area (Å²) in [6.07, 6.45) is 0. The van der Waals surface area contributed by atoms with Crippen LogP contribution in [0.15, 0.2) is 0 Å². The fraction of sp³-hybridized carbons (Fsp3) is 0.875. The van der Waals surface area contributed by atoms with Crippen LogP contribution in [0.5, 0.6) is 0 Å². The van der Waals surface area contributed by atoms with Crippen molar-refractivity contribution in [1.29, 1.82) is 0 Å². The highest BCUT2D eigenvalue weighted by molar-refractivity contribution is 5.72. The number of nitrogens with zero attached hydrogens (tertiary/aromatic N) is 2. The molecule has 0 spiro atoms. The van der Waals surface area contributed by atoms with Gasteiger partial charge in [0.25, 0.3) is 0 Å². The third kappa shape index (κ3) is 4.21. The monoisotopic (exact) mass is 186 g/mol. The van der Waals surface area contributed by atoms with E-state index in [-0.39, 0.29) is 5.91 Å². The average Bonchev–Trinajstić information content (AvgIpc) is 2.08. The lowest BCUT2D eigenvalue weighted by molar-refractivity contribution is -0.119. The van der Waals surface area contributed by atoms with Crippen molar-refractivity contribution in [3.63, 3.8) is 0 Å². The first kappa shape index (κ1) is 10.4. The molecule has 0 aliphatic carbocycles. The molecule has 1 aliphatic heterocycles. The molecule has 1 rings (SSSR count). The van der Waals surface area contributed by atoms with Crippen molar-refractivity contribution in [1.82, 2.24) is 15.2 Å². The first-order valence-corrected chi connectivity index (χ1v) is 4.65. The Morgan fingerprint density at radius 3 is 2.54 bits per heavy atom. The van der Waals surface area contributed by atoms with Gasteiger partial charge in [-0.2, -0.15) is 0 Å². The first-order chi connectivity index (χ1) is 6.18. The van der Waals surface area contributed by atoms with Gasteiger partial charge in [0.05, 0.1) is 0 Å². The van der Waals surface area contributed by atoms with E-state index in [9.17, 15) is 4.79 Å². The van der Waals surface area contributed by atoms with Crippen LogP contribution >= 0.6 is 0 Å². The van der Waals surface area contributed by atoms with Crippen LogP contribution in [0.3, 0.4) is 0 Å². The van der Waals surface area contributed by atoms with Gasteiger partial charge < -0.3 is 5.32 Å². The molecule has 0 bridgehead atoms. The number of carbonyl (C=O) groups excluding carboxylic acids is 1. The van der Waals surface area contributed by atoms with Gasteiger partial charge in [-0.15, -0.1) is 0 Å². The molecule has 5 nitrogen and oxygen atoms in total. The zero-order valence-electron chi connectivity index (χ0n) is 8.12. The SMILES string of the molecule is CC(=O)NCCN1CCN(N)CC1. The third-order valence-electron chi connectivity index (χ3n) is 2.21. The number of rotatable bonds is 3. The summed E-state index contributed by atoms with van der Waals surface area (Å²) in [4.78, 5) is 12.9. The molecule has 5 heteroatoms. The summed E-state index contributed by atoms with van der Waals surface area (Å²) in [7, 11) is 0. The third-order valence-corrected chi connectivity index (χ3v) is 2.21. The highest BCUT2D eigenvalue weighted by Gasteiger charge is 2.12. The molecular formula is C8H18N4O. The molecule has 0 saturated carbocycles. The van der Waals surface area contributed by atoms with E-state index in [1.54, 1.807) is 0 Å². The van der Waals surface area contributed by atoms with E-state index < -0.39 is 0 Å². The number of hydrogen-bond acceptors (Lipinski definition) is 4. The molecule has 0 radical (unpaired) electrons. The zero-order chi connectivity index (χ0) is 9.68. The van der Waals surface area contributed by atoms with Crippen LogP contribution in [-0.4, -0.2) is 55.1 Å². The Kier molecular flexibility index (Phi) is 4.14. The first-order valence-electron chi connectivity index (χ1n) is 4.65.